The number of rotatable bonds is 2. The van der Waals surface area contributed by atoms with Crippen LogP contribution < -0.4 is 0 Å². The lowest BCUT2D eigenvalue weighted by atomic mass is 10.3. The van der Waals surface area contributed by atoms with Crippen LogP contribution in [0, 0.1) is 0 Å². The number of nitrogens with one attached hydrogen (secondary N) is 1. The minimum absolute atomic E-state index is 0.892. The van der Waals surface area contributed by atoms with E-state index in [0.29, 0.717) is 0 Å². The maximum atomic E-state index is 4.13. The van der Waals surface area contributed by atoms with Gasteiger partial charge in [0, 0.05) is 18.0 Å². The van der Waals surface area contributed by atoms with Gasteiger partial charge in [-0.05, 0) is 24.1 Å². The third-order valence-electron chi connectivity index (χ3n) is 1.26. The van der Waals surface area contributed by atoms with E-state index in [1.54, 1.807) is 6.21 Å². The van der Waals surface area contributed by atoms with Crippen LogP contribution in [0.2, 0.25) is 0 Å². The van der Waals surface area contributed by atoms with Crippen LogP contribution in [0.1, 0.15) is 12.5 Å². The zero-order valence-electron chi connectivity index (χ0n) is 6.21. The predicted octanol–water partition coefficient (Wildman–Crippen LogP) is 3.10. The smallest absolute Gasteiger partial charge is 0.136 e. The molecule has 1 heterocycles. The van der Waals surface area contributed by atoms with E-state index in [2.05, 4.69) is 25.9 Å². The summed E-state index contributed by atoms with van der Waals surface area (Å²) in [7, 11) is 0. The van der Waals surface area contributed by atoms with Crippen LogP contribution in [0.5, 0.6) is 0 Å². The number of H-pyrrole nitrogens is 1. The van der Waals surface area contributed by atoms with Crippen LogP contribution in [0.25, 0.3) is 6.08 Å². The van der Waals surface area contributed by atoms with E-state index in [9.17, 15) is 0 Å². The first-order chi connectivity index (χ1) is 5.38. The van der Waals surface area contributed by atoms with Gasteiger partial charge in [0.05, 0.1) is 0 Å². The molecule has 0 saturated heterocycles. The molecule has 1 rings (SSSR count). The zero-order valence-corrected chi connectivity index (χ0v) is 7.80. The first-order valence-corrected chi connectivity index (χ1v) is 4.23. The summed E-state index contributed by atoms with van der Waals surface area (Å²) in [5.74, 6) is 0.892. The van der Waals surface area contributed by atoms with Crippen molar-refractivity contribution >= 4 is 34.0 Å². The summed E-state index contributed by atoms with van der Waals surface area (Å²) < 4.78 is 0. The lowest BCUT2D eigenvalue weighted by Crippen LogP contribution is -1.67. The van der Waals surface area contributed by atoms with Gasteiger partial charge in [-0.1, -0.05) is 15.9 Å². The highest BCUT2D eigenvalue weighted by Gasteiger charge is 1.94. The van der Waals surface area contributed by atoms with Gasteiger partial charge >= 0.3 is 0 Å². The standard InChI is InChI=1S/C8H9BrN2/c1-2-10-8-7(3-5-9)4-6-11-8/h2-6,11H,1H3/b5-3+,10-2-. The van der Waals surface area contributed by atoms with Crippen LogP contribution >= 0.6 is 15.9 Å². The minimum Gasteiger partial charge on any atom is -0.346 e. The molecule has 2 nitrogen and oxygen atoms in total. The number of hydrogen-bond donors (Lipinski definition) is 1. The van der Waals surface area contributed by atoms with Gasteiger partial charge in [0.2, 0.25) is 0 Å². The molecule has 3 heteroatoms. The summed E-state index contributed by atoms with van der Waals surface area (Å²) in [5, 5.41) is 0. The molecule has 1 N–H and O–H groups in total. The van der Waals surface area contributed by atoms with Crippen molar-refractivity contribution < 1.29 is 0 Å². The second-order valence-electron chi connectivity index (χ2n) is 1.96. The molecule has 1 aromatic rings. The maximum absolute atomic E-state index is 4.13. The van der Waals surface area contributed by atoms with E-state index in [4.69, 9.17) is 0 Å². The number of aromatic nitrogens is 1. The number of halogens is 1. The third kappa shape index (κ3) is 2.05. The minimum atomic E-state index is 0.892. The Morgan fingerprint density at radius 3 is 3.09 bits per heavy atom. The lowest BCUT2D eigenvalue weighted by Gasteiger charge is -1.88. The van der Waals surface area contributed by atoms with Gasteiger partial charge in [-0.25, -0.2) is 4.99 Å². The van der Waals surface area contributed by atoms with Crippen LogP contribution in [0.4, 0.5) is 5.82 Å². The summed E-state index contributed by atoms with van der Waals surface area (Å²) >= 11 is 3.21. The molecule has 0 aliphatic heterocycles. The highest BCUT2D eigenvalue weighted by Crippen LogP contribution is 2.17. The van der Waals surface area contributed by atoms with Crippen LogP contribution in [0.3, 0.4) is 0 Å². The van der Waals surface area contributed by atoms with E-state index in [-0.39, 0.29) is 0 Å². The fraction of sp³-hybridized carbons (Fsp3) is 0.125. The van der Waals surface area contributed by atoms with E-state index in [1.807, 2.05) is 30.2 Å². The molecule has 0 atom stereocenters. The zero-order chi connectivity index (χ0) is 8.10. The number of aromatic amines is 1. The number of aliphatic imine (C=N–C) groups is 1. The second kappa shape index (κ2) is 4.13. The molecule has 0 saturated carbocycles. The molecule has 1 aromatic heterocycles. The Bertz CT molecular complexity index is 247. The number of nitrogens with zero attached hydrogens (tertiary/aromatic N) is 1. The number of hydrogen-bond acceptors (Lipinski definition) is 1. The molecular formula is C8H9BrN2. The Kier molecular flexibility index (Phi) is 3.11. The molecule has 0 aromatic carbocycles. The molecule has 0 bridgehead atoms. The average molecular weight is 213 g/mol. The highest BCUT2D eigenvalue weighted by molar-refractivity contribution is 9.11. The molecular weight excluding hydrogens is 204 g/mol. The Morgan fingerprint density at radius 1 is 1.64 bits per heavy atom. The Morgan fingerprint density at radius 2 is 2.45 bits per heavy atom. The lowest BCUT2D eigenvalue weighted by molar-refractivity contribution is 1.34. The topological polar surface area (TPSA) is 28.1 Å². The highest BCUT2D eigenvalue weighted by atomic mass is 79.9. The van der Waals surface area contributed by atoms with E-state index >= 15 is 0 Å². The van der Waals surface area contributed by atoms with Crippen LogP contribution in [-0.4, -0.2) is 11.2 Å². The van der Waals surface area contributed by atoms with Crippen molar-refractivity contribution in [1.29, 1.82) is 0 Å². The van der Waals surface area contributed by atoms with Gasteiger partial charge in [0.1, 0.15) is 5.82 Å². The van der Waals surface area contributed by atoms with Gasteiger partial charge in [0.25, 0.3) is 0 Å². The van der Waals surface area contributed by atoms with E-state index < -0.39 is 0 Å². The Hall–Kier alpha value is -0.830. The van der Waals surface area contributed by atoms with Crippen molar-refractivity contribution in [3.05, 3.63) is 22.8 Å². The fourth-order valence-corrected chi connectivity index (χ4v) is 1.10. The van der Waals surface area contributed by atoms with Gasteiger partial charge in [0.15, 0.2) is 0 Å². The van der Waals surface area contributed by atoms with E-state index in [0.717, 1.165) is 11.4 Å². The van der Waals surface area contributed by atoms with Gasteiger partial charge in [-0.3, -0.25) is 0 Å². The van der Waals surface area contributed by atoms with Crippen molar-refractivity contribution in [3.8, 4) is 0 Å². The maximum Gasteiger partial charge on any atom is 0.136 e. The molecule has 0 aliphatic carbocycles. The third-order valence-corrected chi connectivity index (χ3v) is 1.52. The largest absolute Gasteiger partial charge is 0.346 e. The molecule has 0 aliphatic rings. The van der Waals surface area contributed by atoms with E-state index in [1.165, 1.54) is 0 Å². The Labute approximate surface area is 74.2 Å². The first-order valence-electron chi connectivity index (χ1n) is 3.31. The summed E-state index contributed by atoms with van der Waals surface area (Å²) in [5.41, 5.74) is 1.08. The molecule has 58 valence electrons. The monoisotopic (exact) mass is 212 g/mol. The normalized spacial score (nSPS) is 11.8. The molecule has 0 unspecified atom stereocenters. The van der Waals surface area contributed by atoms with Gasteiger partial charge < -0.3 is 4.98 Å². The Balaban J connectivity index is 2.95. The van der Waals surface area contributed by atoms with Crippen molar-refractivity contribution in [1.82, 2.24) is 4.98 Å². The summed E-state index contributed by atoms with van der Waals surface area (Å²) in [6.07, 6.45) is 5.57. The SMILES string of the molecule is C/C=N\c1[nH]ccc1/C=C/Br. The molecule has 0 amide bonds. The van der Waals surface area contributed by atoms with Crippen LogP contribution in [-0.2, 0) is 0 Å². The second-order valence-corrected chi connectivity index (χ2v) is 2.49. The quantitative estimate of drug-likeness (QED) is 0.731. The molecule has 0 radical (unpaired) electrons. The summed E-state index contributed by atoms with van der Waals surface area (Å²) in [6.45, 7) is 1.89. The van der Waals surface area contributed by atoms with Gasteiger partial charge in [-0.2, -0.15) is 0 Å². The first kappa shape index (κ1) is 8.27. The van der Waals surface area contributed by atoms with Crippen molar-refractivity contribution in [2.24, 2.45) is 4.99 Å². The summed E-state index contributed by atoms with van der Waals surface area (Å²) in [4.78, 5) is 8.96. The van der Waals surface area contributed by atoms with Crippen molar-refractivity contribution in [3.63, 3.8) is 0 Å². The average Bonchev–Trinajstić information content (AvgIpc) is 2.39. The predicted molar refractivity (Wildman–Crippen MR) is 52.6 cm³/mol. The molecule has 11 heavy (non-hydrogen) atoms. The van der Waals surface area contributed by atoms with Crippen molar-refractivity contribution in [2.75, 3.05) is 0 Å². The molecule has 0 fully saturated rings. The van der Waals surface area contributed by atoms with Crippen molar-refractivity contribution in [2.45, 2.75) is 6.92 Å². The van der Waals surface area contributed by atoms with Gasteiger partial charge in [-0.15, -0.1) is 0 Å². The molecule has 0 spiro atoms. The van der Waals surface area contributed by atoms with Crippen LogP contribution in [0.15, 0.2) is 22.2 Å². The fourth-order valence-electron chi connectivity index (χ4n) is 0.816. The summed E-state index contributed by atoms with van der Waals surface area (Å²) in [6, 6.07) is 1.97.